The van der Waals surface area contributed by atoms with Crippen molar-refractivity contribution < 1.29 is 9.53 Å². The van der Waals surface area contributed by atoms with Crippen LogP contribution in [0.4, 0.5) is 5.69 Å². The molecule has 5 nitrogen and oxygen atoms in total. The van der Waals surface area contributed by atoms with Crippen LogP contribution in [-0.2, 0) is 4.79 Å². The van der Waals surface area contributed by atoms with E-state index in [1.165, 1.54) is 0 Å². The Labute approximate surface area is 128 Å². The zero-order valence-electron chi connectivity index (χ0n) is 11.9. The van der Waals surface area contributed by atoms with E-state index in [0.29, 0.717) is 18.9 Å². The molecule has 2 aromatic carbocycles. The van der Waals surface area contributed by atoms with Gasteiger partial charge in [-0.2, -0.15) is 0 Å². The lowest BCUT2D eigenvalue weighted by Crippen LogP contribution is -2.45. The summed E-state index contributed by atoms with van der Waals surface area (Å²) in [6, 6.07) is 15.5. The van der Waals surface area contributed by atoms with E-state index in [-0.39, 0.29) is 5.91 Å². The van der Waals surface area contributed by atoms with Gasteiger partial charge >= 0.3 is 0 Å². The van der Waals surface area contributed by atoms with E-state index in [4.69, 9.17) is 10.5 Å². The van der Waals surface area contributed by atoms with Crippen LogP contribution in [0.15, 0.2) is 53.5 Å². The molecular weight excluding hydrogens is 278 g/mol. The SMILES string of the molecule is NC1N=C(c2ccccc2)c2cccc3c2N(CCO3)C1=O. The molecule has 1 unspecified atom stereocenters. The number of carbonyl (C=O) groups excluding carboxylic acids is 1. The highest BCUT2D eigenvalue weighted by molar-refractivity contribution is 6.20. The van der Waals surface area contributed by atoms with Gasteiger partial charge in [0.2, 0.25) is 0 Å². The van der Waals surface area contributed by atoms with Gasteiger partial charge in [-0.05, 0) is 6.07 Å². The van der Waals surface area contributed by atoms with Crippen molar-refractivity contribution in [2.24, 2.45) is 10.7 Å². The van der Waals surface area contributed by atoms with Crippen molar-refractivity contribution in [1.82, 2.24) is 0 Å². The first kappa shape index (κ1) is 13.0. The number of anilines is 1. The van der Waals surface area contributed by atoms with Gasteiger partial charge < -0.3 is 15.4 Å². The molecular formula is C17H15N3O2. The minimum Gasteiger partial charge on any atom is -0.490 e. The average Bonchev–Trinajstić information content (AvgIpc) is 2.68. The lowest BCUT2D eigenvalue weighted by molar-refractivity contribution is -0.119. The Morgan fingerprint density at radius 1 is 1.14 bits per heavy atom. The van der Waals surface area contributed by atoms with Crippen molar-refractivity contribution in [3.63, 3.8) is 0 Å². The molecule has 0 spiro atoms. The quantitative estimate of drug-likeness (QED) is 0.867. The Morgan fingerprint density at radius 3 is 2.77 bits per heavy atom. The smallest absolute Gasteiger partial charge is 0.266 e. The van der Waals surface area contributed by atoms with Crippen LogP contribution in [0.5, 0.6) is 5.75 Å². The maximum absolute atomic E-state index is 12.5. The zero-order valence-corrected chi connectivity index (χ0v) is 11.9. The second-order valence-electron chi connectivity index (χ2n) is 5.28. The van der Waals surface area contributed by atoms with E-state index in [1.54, 1.807) is 4.90 Å². The molecule has 4 rings (SSSR count). The number of rotatable bonds is 1. The number of carbonyl (C=O) groups is 1. The lowest BCUT2D eigenvalue weighted by atomic mass is 9.99. The predicted octanol–water partition coefficient (Wildman–Crippen LogP) is 1.55. The van der Waals surface area contributed by atoms with Gasteiger partial charge in [0.25, 0.3) is 5.91 Å². The number of hydrogen-bond acceptors (Lipinski definition) is 4. The van der Waals surface area contributed by atoms with Crippen LogP contribution in [0, 0.1) is 0 Å². The highest BCUT2D eigenvalue weighted by Gasteiger charge is 2.34. The standard InChI is InChI=1S/C17H15N3O2/c18-16-17(21)20-9-10-22-13-8-4-7-12(15(13)20)14(19-16)11-5-2-1-3-6-11/h1-8,16H,9-10,18H2. The number of benzene rings is 2. The third-order valence-electron chi connectivity index (χ3n) is 3.93. The number of amides is 1. The minimum atomic E-state index is -0.895. The third kappa shape index (κ3) is 1.90. The van der Waals surface area contributed by atoms with Gasteiger partial charge in [-0.1, -0.05) is 42.5 Å². The topological polar surface area (TPSA) is 67.9 Å². The third-order valence-corrected chi connectivity index (χ3v) is 3.93. The number of nitrogens with zero attached hydrogens (tertiary/aromatic N) is 2. The minimum absolute atomic E-state index is 0.192. The number of hydrogen-bond donors (Lipinski definition) is 1. The first-order chi connectivity index (χ1) is 10.8. The largest absolute Gasteiger partial charge is 0.490 e. The molecule has 1 atom stereocenters. The number of aliphatic imine (C=N–C) groups is 1. The van der Waals surface area contributed by atoms with Gasteiger partial charge in [0.15, 0.2) is 6.17 Å². The molecule has 2 aromatic rings. The normalized spacial score (nSPS) is 19.9. The summed E-state index contributed by atoms with van der Waals surface area (Å²) < 4.78 is 5.70. The number of nitrogens with two attached hydrogens (primary N) is 1. The second-order valence-corrected chi connectivity index (χ2v) is 5.28. The maximum Gasteiger partial charge on any atom is 0.266 e. The van der Waals surface area contributed by atoms with Crippen molar-refractivity contribution in [2.45, 2.75) is 6.17 Å². The number of para-hydroxylation sites is 1. The van der Waals surface area contributed by atoms with Crippen molar-refractivity contribution in [2.75, 3.05) is 18.1 Å². The van der Waals surface area contributed by atoms with Gasteiger partial charge in [0.1, 0.15) is 12.4 Å². The Balaban J connectivity index is 1.99. The Morgan fingerprint density at radius 2 is 1.95 bits per heavy atom. The van der Waals surface area contributed by atoms with Gasteiger partial charge in [0, 0.05) is 11.1 Å². The average molecular weight is 293 g/mol. The van der Waals surface area contributed by atoms with Crippen molar-refractivity contribution >= 4 is 17.3 Å². The molecule has 110 valence electrons. The summed E-state index contributed by atoms with van der Waals surface area (Å²) >= 11 is 0. The fourth-order valence-corrected chi connectivity index (χ4v) is 2.94. The van der Waals surface area contributed by atoms with Gasteiger partial charge in [-0.15, -0.1) is 0 Å². The molecule has 0 fully saturated rings. The maximum atomic E-state index is 12.5. The van der Waals surface area contributed by atoms with Crippen LogP contribution < -0.4 is 15.4 Å². The van der Waals surface area contributed by atoms with E-state index in [9.17, 15) is 4.79 Å². The Kier molecular flexibility index (Phi) is 2.94. The highest BCUT2D eigenvalue weighted by atomic mass is 16.5. The first-order valence-electron chi connectivity index (χ1n) is 7.22. The fraction of sp³-hybridized carbons (Fsp3) is 0.176. The van der Waals surface area contributed by atoms with Crippen LogP contribution >= 0.6 is 0 Å². The summed E-state index contributed by atoms with van der Waals surface area (Å²) in [5.41, 5.74) is 9.32. The van der Waals surface area contributed by atoms with Gasteiger partial charge in [0.05, 0.1) is 17.9 Å². The fourth-order valence-electron chi connectivity index (χ4n) is 2.94. The van der Waals surface area contributed by atoms with Crippen molar-refractivity contribution in [3.05, 3.63) is 59.7 Å². The summed E-state index contributed by atoms with van der Waals surface area (Å²) in [6.45, 7) is 0.962. The van der Waals surface area contributed by atoms with Crippen LogP contribution in [0.25, 0.3) is 0 Å². The molecule has 22 heavy (non-hydrogen) atoms. The van der Waals surface area contributed by atoms with Crippen LogP contribution in [0.2, 0.25) is 0 Å². The van der Waals surface area contributed by atoms with E-state index >= 15 is 0 Å². The molecule has 0 radical (unpaired) electrons. The molecule has 0 saturated carbocycles. The monoisotopic (exact) mass is 293 g/mol. The molecule has 1 amide bonds. The summed E-state index contributed by atoms with van der Waals surface area (Å²) in [5, 5.41) is 0. The molecule has 5 heteroatoms. The lowest BCUT2D eigenvalue weighted by Gasteiger charge is -2.30. The van der Waals surface area contributed by atoms with E-state index in [2.05, 4.69) is 4.99 Å². The summed E-state index contributed by atoms with van der Waals surface area (Å²) in [4.78, 5) is 18.7. The Bertz CT molecular complexity index is 771. The molecule has 0 aliphatic carbocycles. The van der Waals surface area contributed by atoms with Crippen LogP contribution in [0.1, 0.15) is 11.1 Å². The van der Waals surface area contributed by atoms with Crippen molar-refractivity contribution in [3.8, 4) is 5.75 Å². The molecule has 0 aromatic heterocycles. The van der Waals surface area contributed by atoms with E-state index in [1.807, 2.05) is 48.5 Å². The predicted molar refractivity (Wildman–Crippen MR) is 84.3 cm³/mol. The van der Waals surface area contributed by atoms with E-state index < -0.39 is 6.17 Å². The second kappa shape index (κ2) is 4.96. The molecule has 0 saturated heterocycles. The molecule has 2 aliphatic heterocycles. The van der Waals surface area contributed by atoms with Crippen LogP contribution in [0.3, 0.4) is 0 Å². The van der Waals surface area contributed by atoms with Crippen molar-refractivity contribution in [1.29, 1.82) is 0 Å². The Hall–Kier alpha value is -2.66. The summed E-state index contributed by atoms with van der Waals surface area (Å²) in [7, 11) is 0. The van der Waals surface area contributed by atoms with Gasteiger partial charge in [-0.3, -0.25) is 9.79 Å². The van der Waals surface area contributed by atoms with Gasteiger partial charge in [-0.25, -0.2) is 0 Å². The van der Waals surface area contributed by atoms with E-state index in [0.717, 1.165) is 22.5 Å². The van der Waals surface area contributed by atoms with Crippen LogP contribution in [-0.4, -0.2) is 30.9 Å². The molecule has 2 aliphatic rings. The highest BCUT2D eigenvalue weighted by Crippen LogP contribution is 2.38. The zero-order chi connectivity index (χ0) is 15.1. The molecule has 0 bridgehead atoms. The first-order valence-corrected chi connectivity index (χ1v) is 7.22. The summed E-state index contributed by atoms with van der Waals surface area (Å²) in [6.07, 6.45) is -0.895. The summed E-state index contributed by atoms with van der Waals surface area (Å²) in [5.74, 6) is 0.512. The molecule has 2 N–H and O–H groups in total. The molecule has 2 heterocycles. The number of ether oxygens (including phenoxy) is 1.